The van der Waals surface area contributed by atoms with Gasteiger partial charge in [0.15, 0.2) is 6.61 Å². The molecule has 1 amide bonds. The van der Waals surface area contributed by atoms with E-state index in [0.29, 0.717) is 11.4 Å². The summed E-state index contributed by atoms with van der Waals surface area (Å²) >= 11 is 11.4. The van der Waals surface area contributed by atoms with Crippen LogP contribution in [-0.2, 0) is 9.53 Å². The number of hydrogen-bond acceptors (Lipinski definition) is 4. The van der Waals surface area contributed by atoms with Crippen LogP contribution in [0.15, 0.2) is 30.3 Å². The molecule has 2 aromatic rings. The van der Waals surface area contributed by atoms with Crippen LogP contribution in [0.5, 0.6) is 5.75 Å². The lowest BCUT2D eigenvalue weighted by atomic mass is 10.2. The first-order valence-electron chi connectivity index (χ1n) is 7.08. The van der Waals surface area contributed by atoms with E-state index in [1.54, 1.807) is 12.1 Å². The highest BCUT2D eigenvalue weighted by Crippen LogP contribution is 2.26. The molecule has 0 aliphatic heterocycles. The molecule has 132 valence electrons. The van der Waals surface area contributed by atoms with Crippen LogP contribution in [0, 0.1) is 12.7 Å². The highest BCUT2D eigenvalue weighted by molar-refractivity contribution is 6.36. The molecule has 25 heavy (non-hydrogen) atoms. The van der Waals surface area contributed by atoms with Gasteiger partial charge in [-0.05, 0) is 36.8 Å². The van der Waals surface area contributed by atoms with Crippen LogP contribution in [0.25, 0.3) is 0 Å². The minimum atomic E-state index is -0.938. The van der Waals surface area contributed by atoms with Crippen molar-refractivity contribution >= 4 is 40.8 Å². The second-order valence-electron chi connectivity index (χ2n) is 5.07. The third-order valence-electron chi connectivity index (χ3n) is 3.19. The largest absolute Gasteiger partial charge is 0.495 e. The minimum absolute atomic E-state index is 0.0721. The Morgan fingerprint density at radius 3 is 2.56 bits per heavy atom. The molecule has 0 aromatic heterocycles. The molecule has 1 N–H and O–H groups in total. The third kappa shape index (κ3) is 4.84. The molecule has 0 heterocycles. The second kappa shape index (κ2) is 8.18. The lowest BCUT2D eigenvalue weighted by Crippen LogP contribution is -2.21. The Kier molecular flexibility index (Phi) is 6.22. The number of carbonyl (C=O) groups excluding carboxylic acids is 2. The Bertz CT molecular complexity index is 827. The first-order valence-corrected chi connectivity index (χ1v) is 7.83. The lowest BCUT2D eigenvalue weighted by molar-refractivity contribution is -0.119. The zero-order chi connectivity index (χ0) is 18.6. The molecule has 0 aliphatic rings. The number of rotatable bonds is 5. The number of hydrogen-bond donors (Lipinski definition) is 1. The summed E-state index contributed by atoms with van der Waals surface area (Å²) in [5, 5.41) is 2.29. The maximum Gasteiger partial charge on any atom is 0.340 e. The molecule has 2 rings (SSSR count). The number of methoxy groups -OCH3 is 1. The number of carbonyl (C=O) groups is 2. The maximum absolute atomic E-state index is 13.4. The van der Waals surface area contributed by atoms with Gasteiger partial charge in [0.1, 0.15) is 11.6 Å². The summed E-state index contributed by atoms with van der Waals surface area (Å²) in [6.07, 6.45) is 0. The van der Waals surface area contributed by atoms with Crippen molar-refractivity contribution in [3.05, 3.63) is 57.3 Å². The summed E-state index contributed by atoms with van der Waals surface area (Å²) in [7, 11) is 1.47. The Morgan fingerprint density at radius 2 is 1.88 bits per heavy atom. The number of benzene rings is 2. The van der Waals surface area contributed by atoms with Crippen LogP contribution in [0.4, 0.5) is 10.1 Å². The van der Waals surface area contributed by atoms with Crippen molar-refractivity contribution in [1.82, 2.24) is 0 Å². The van der Waals surface area contributed by atoms with Crippen molar-refractivity contribution in [2.75, 3.05) is 19.0 Å². The van der Waals surface area contributed by atoms with E-state index in [1.165, 1.54) is 7.11 Å². The van der Waals surface area contributed by atoms with Crippen molar-refractivity contribution < 1.29 is 23.5 Å². The lowest BCUT2D eigenvalue weighted by Gasteiger charge is -2.11. The molecule has 5 nitrogen and oxygen atoms in total. The molecule has 0 unspecified atom stereocenters. The maximum atomic E-state index is 13.4. The monoisotopic (exact) mass is 385 g/mol. The topological polar surface area (TPSA) is 64.6 Å². The fraction of sp³-hybridized carbons (Fsp3) is 0.176. The van der Waals surface area contributed by atoms with E-state index in [4.69, 9.17) is 32.7 Å². The van der Waals surface area contributed by atoms with E-state index < -0.39 is 24.3 Å². The molecule has 0 radical (unpaired) electrons. The SMILES string of the molecule is COc1ccc(C)cc1NC(=O)COC(=O)c1cc(F)c(Cl)cc1Cl. The average molecular weight is 386 g/mol. The first kappa shape index (κ1) is 19.0. The van der Waals surface area contributed by atoms with Gasteiger partial charge in [0, 0.05) is 0 Å². The Hall–Kier alpha value is -2.31. The van der Waals surface area contributed by atoms with Gasteiger partial charge < -0.3 is 14.8 Å². The van der Waals surface area contributed by atoms with Gasteiger partial charge in [0.2, 0.25) is 0 Å². The summed E-state index contributed by atoms with van der Waals surface area (Å²) in [5.74, 6) is -1.87. The summed E-state index contributed by atoms with van der Waals surface area (Å²) in [4.78, 5) is 23.9. The van der Waals surface area contributed by atoms with Crippen molar-refractivity contribution in [2.24, 2.45) is 0 Å². The van der Waals surface area contributed by atoms with Crippen LogP contribution in [0.2, 0.25) is 10.0 Å². The number of anilines is 1. The van der Waals surface area contributed by atoms with Gasteiger partial charge in [0.05, 0.1) is 28.4 Å². The van der Waals surface area contributed by atoms with Crippen LogP contribution in [0.1, 0.15) is 15.9 Å². The van der Waals surface area contributed by atoms with Gasteiger partial charge >= 0.3 is 5.97 Å². The Balaban J connectivity index is 2.02. The van der Waals surface area contributed by atoms with Gasteiger partial charge in [-0.1, -0.05) is 29.3 Å². The van der Waals surface area contributed by atoms with E-state index in [2.05, 4.69) is 5.32 Å². The van der Waals surface area contributed by atoms with E-state index in [0.717, 1.165) is 17.7 Å². The molecule has 0 atom stereocenters. The van der Waals surface area contributed by atoms with E-state index in [-0.39, 0.29) is 15.6 Å². The molecule has 0 spiro atoms. The first-order chi connectivity index (χ1) is 11.8. The van der Waals surface area contributed by atoms with Crippen LogP contribution in [-0.4, -0.2) is 25.6 Å². The highest BCUT2D eigenvalue weighted by Gasteiger charge is 2.17. The van der Waals surface area contributed by atoms with Gasteiger partial charge in [-0.15, -0.1) is 0 Å². The van der Waals surface area contributed by atoms with Crippen LogP contribution in [0.3, 0.4) is 0 Å². The van der Waals surface area contributed by atoms with E-state index >= 15 is 0 Å². The molecule has 0 saturated heterocycles. The molecule has 8 heteroatoms. The normalized spacial score (nSPS) is 10.3. The fourth-order valence-corrected chi connectivity index (χ4v) is 2.45. The van der Waals surface area contributed by atoms with Gasteiger partial charge in [-0.25, -0.2) is 9.18 Å². The van der Waals surface area contributed by atoms with Crippen molar-refractivity contribution in [2.45, 2.75) is 6.92 Å². The quantitative estimate of drug-likeness (QED) is 0.617. The van der Waals surface area contributed by atoms with Crippen LogP contribution >= 0.6 is 23.2 Å². The summed E-state index contributed by atoms with van der Waals surface area (Å²) in [5.41, 5.74) is 1.14. The minimum Gasteiger partial charge on any atom is -0.495 e. The predicted octanol–water partition coefficient (Wildman–Crippen LogP) is 4.25. The van der Waals surface area contributed by atoms with E-state index in [1.807, 2.05) is 13.0 Å². The zero-order valence-electron chi connectivity index (χ0n) is 13.4. The van der Waals surface area contributed by atoms with Crippen molar-refractivity contribution in [3.63, 3.8) is 0 Å². The number of ether oxygens (including phenoxy) is 2. The van der Waals surface area contributed by atoms with E-state index in [9.17, 15) is 14.0 Å². The number of halogens is 3. The molecular formula is C17H14Cl2FNO4. The summed E-state index contributed by atoms with van der Waals surface area (Å²) < 4.78 is 23.4. The number of nitrogens with one attached hydrogen (secondary N) is 1. The summed E-state index contributed by atoms with van der Waals surface area (Å²) in [6.45, 7) is 1.28. The third-order valence-corrected chi connectivity index (χ3v) is 3.80. The highest BCUT2D eigenvalue weighted by atomic mass is 35.5. The van der Waals surface area contributed by atoms with Crippen LogP contribution < -0.4 is 10.1 Å². The number of esters is 1. The zero-order valence-corrected chi connectivity index (χ0v) is 14.9. The molecule has 0 bridgehead atoms. The number of amides is 1. The van der Waals surface area contributed by atoms with Gasteiger partial charge in [-0.3, -0.25) is 4.79 Å². The average Bonchev–Trinajstić information content (AvgIpc) is 2.56. The van der Waals surface area contributed by atoms with Crippen molar-refractivity contribution in [3.8, 4) is 5.75 Å². The standard InChI is InChI=1S/C17H14Cl2FNO4/c1-9-3-4-15(24-2)14(5-9)21-16(22)8-25-17(23)10-6-13(20)12(19)7-11(10)18/h3-7H,8H2,1-2H3,(H,21,22). The molecule has 0 fully saturated rings. The smallest absolute Gasteiger partial charge is 0.340 e. The van der Waals surface area contributed by atoms with Gasteiger partial charge in [-0.2, -0.15) is 0 Å². The molecular weight excluding hydrogens is 372 g/mol. The predicted molar refractivity (Wildman–Crippen MR) is 93.1 cm³/mol. The number of aryl methyl sites for hydroxylation is 1. The molecule has 0 saturated carbocycles. The Labute approximate surface area is 153 Å². The molecule has 0 aliphatic carbocycles. The van der Waals surface area contributed by atoms with Crippen molar-refractivity contribution in [1.29, 1.82) is 0 Å². The fourth-order valence-electron chi connectivity index (χ4n) is 1.99. The summed E-state index contributed by atoms with van der Waals surface area (Å²) in [6, 6.07) is 7.18. The molecule has 2 aromatic carbocycles. The Morgan fingerprint density at radius 1 is 1.16 bits per heavy atom. The second-order valence-corrected chi connectivity index (χ2v) is 5.89. The van der Waals surface area contributed by atoms with Gasteiger partial charge in [0.25, 0.3) is 5.91 Å².